The molecule has 0 N–H and O–H groups in total. The first kappa shape index (κ1) is 22.1. The summed E-state index contributed by atoms with van der Waals surface area (Å²) >= 11 is 3.53. The second-order valence-corrected chi connectivity index (χ2v) is 9.56. The molecule has 0 atom stereocenters. The predicted molar refractivity (Wildman–Crippen MR) is 133 cm³/mol. The molecule has 2 heterocycles. The summed E-state index contributed by atoms with van der Waals surface area (Å²) in [5, 5.41) is 0.775. The number of fused-ring (bicyclic) bond motifs is 1. The average Bonchev–Trinajstić information content (AvgIpc) is 2.79. The summed E-state index contributed by atoms with van der Waals surface area (Å²) in [6, 6.07) is 9.54. The number of piperidine rings is 1. The second kappa shape index (κ2) is 10.0. The van der Waals surface area contributed by atoms with Crippen molar-refractivity contribution in [2.75, 3.05) is 37.0 Å². The lowest BCUT2D eigenvalue weighted by Crippen LogP contribution is -2.35. The van der Waals surface area contributed by atoms with Crippen LogP contribution in [-0.4, -0.2) is 48.8 Å². The molecule has 0 radical (unpaired) electrons. The first-order valence-corrected chi connectivity index (χ1v) is 13.0. The van der Waals surface area contributed by atoms with E-state index in [4.69, 9.17) is 0 Å². The maximum Gasteiger partial charge on any atom is 0.140 e. The molecule has 31 heavy (non-hydrogen) atoms. The van der Waals surface area contributed by atoms with Crippen LogP contribution in [0, 0.1) is 11.7 Å². The van der Waals surface area contributed by atoms with Gasteiger partial charge >= 0.3 is 0 Å². The normalized spacial score (nSPS) is 14.9. The first-order chi connectivity index (χ1) is 15.1. The van der Waals surface area contributed by atoms with Gasteiger partial charge in [-0.1, -0.05) is 12.1 Å². The van der Waals surface area contributed by atoms with Gasteiger partial charge in [0.05, 0.1) is 5.52 Å². The Bertz CT molecular complexity index is 1080. The minimum Gasteiger partial charge on any atom is -0.356 e. The van der Waals surface area contributed by atoms with Crippen LogP contribution in [0.5, 0.6) is 0 Å². The topological polar surface area (TPSA) is 41.4 Å². The van der Waals surface area contributed by atoms with Crippen molar-refractivity contribution >= 4 is 47.0 Å². The van der Waals surface area contributed by atoms with Crippen LogP contribution in [0.4, 0.5) is 10.2 Å². The Morgan fingerprint density at radius 1 is 1.16 bits per heavy atom. The number of aromatic nitrogens is 2. The quantitative estimate of drug-likeness (QED) is 0.326. The van der Waals surface area contributed by atoms with Crippen LogP contribution in [0.2, 0.25) is 0 Å². The monoisotopic (exact) mass is 454 g/mol. The summed E-state index contributed by atoms with van der Waals surface area (Å²) in [6.07, 6.45) is 7.88. The Balaban J connectivity index is 1.75. The van der Waals surface area contributed by atoms with E-state index in [1.165, 1.54) is 10.5 Å². The molecule has 162 valence electrons. The molecule has 4 nitrogen and oxygen atoms in total. The Morgan fingerprint density at radius 2 is 1.97 bits per heavy atom. The summed E-state index contributed by atoms with van der Waals surface area (Å²) in [5.74, 6) is 2.09. The summed E-state index contributed by atoms with van der Waals surface area (Å²) in [5.41, 5.74) is 3.90. The van der Waals surface area contributed by atoms with E-state index in [1.807, 2.05) is 0 Å². The number of rotatable bonds is 7. The maximum absolute atomic E-state index is 14.8. The number of benzene rings is 2. The zero-order valence-electron chi connectivity index (χ0n) is 18.0. The predicted octanol–water partition coefficient (Wildman–Crippen LogP) is 5.94. The van der Waals surface area contributed by atoms with Gasteiger partial charge in [0.15, 0.2) is 0 Å². The molecule has 0 aliphatic carbocycles. The highest BCUT2D eigenvalue weighted by molar-refractivity contribution is 7.99. The molecule has 4 rings (SSSR count). The van der Waals surface area contributed by atoms with E-state index >= 15 is 0 Å². The number of thioether (sulfide) groups is 2. The summed E-state index contributed by atoms with van der Waals surface area (Å²) < 4.78 is 14.8. The molecule has 0 amide bonds. The molecule has 3 aromatic rings. The Morgan fingerprint density at radius 3 is 2.68 bits per heavy atom. The van der Waals surface area contributed by atoms with E-state index in [1.54, 1.807) is 42.0 Å². The number of aliphatic imine (C=N–C) groups is 1. The zero-order valence-corrected chi connectivity index (χ0v) is 19.6. The fourth-order valence-electron chi connectivity index (χ4n) is 4.29. The Kier molecular flexibility index (Phi) is 7.13. The highest BCUT2D eigenvalue weighted by atomic mass is 32.2. The Labute approximate surface area is 191 Å². The smallest absolute Gasteiger partial charge is 0.140 e. The van der Waals surface area contributed by atoms with E-state index in [2.05, 4.69) is 57.3 Å². The largest absolute Gasteiger partial charge is 0.356 e. The minimum atomic E-state index is -0.261. The molecule has 1 aliphatic rings. The summed E-state index contributed by atoms with van der Waals surface area (Å²) in [6.45, 7) is 6.20. The van der Waals surface area contributed by atoms with Crippen LogP contribution in [-0.2, 0) is 5.75 Å². The minimum absolute atomic E-state index is 0.261. The average molecular weight is 455 g/mol. The van der Waals surface area contributed by atoms with Gasteiger partial charge in [0.2, 0.25) is 0 Å². The van der Waals surface area contributed by atoms with E-state index < -0.39 is 0 Å². The van der Waals surface area contributed by atoms with Crippen molar-refractivity contribution < 1.29 is 4.39 Å². The van der Waals surface area contributed by atoms with Gasteiger partial charge in [-0.05, 0) is 67.3 Å². The number of nitrogens with zero attached hydrogens (tertiary/aromatic N) is 4. The maximum atomic E-state index is 14.8. The molecule has 0 spiro atoms. The van der Waals surface area contributed by atoms with Crippen LogP contribution in [0.3, 0.4) is 0 Å². The van der Waals surface area contributed by atoms with Gasteiger partial charge < -0.3 is 9.89 Å². The molecular weight excluding hydrogens is 427 g/mol. The van der Waals surface area contributed by atoms with Crippen molar-refractivity contribution in [1.29, 1.82) is 0 Å². The third-order valence-electron chi connectivity index (χ3n) is 5.88. The van der Waals surface area contributed by atoms with Crippen molar-refractivity contribution in [2.24, 2.45) is 10.9 Å². The van der Waals surface area contributed by atoms with Crippen LogP contribution >= 0.6 is 23.5 Å². The third-order valence-corrected chi connectivity index (χ3v) is 7.30. The van der Waals surface area contributed by atoms with E-state index in [0.29, 0.717) is 5.92 Å². The van der Waals surface area contributed by atoms with Gasteiger partial charge in [0, 0.05) is 41.2 Å². The lowest BCUT2D eigenvalue weighted by atomic mass is 9.96. The molecule has 1 aliphatic heterocycles. The van der Waals surface area contributed by atoms with Gasteiger partial charge in [0.25, 0.3) is 0 Å². The SMILES string of the molecule is C=NCC1CCN(c2ncnc3c(-c4ccc(CSC)c(SC)c4)cc(F)cc23)CC1. The van der Waals surface area contributed by atoms with Crippen molar-refractivity contribution in [3.8, 4) is 11.1 Å². The standard InChI is InChI=1S/C24H27FN4S2/c1-26-13-16-6-8-29(9-7-16)24-21-12-19(25)11-20(23(21)27-15-28-24)17-4-5-18(14-30-2)22(10-17)31-3/h4-5,10-12,15-16H,1,6-9,13-14H2,2-3H3. The van der Waals surface area contributed by atoms with Gasteiger partial charge in [-0.25, -0.2) is 14.4 Å². The lowest BCUT2D eigenvalue weighted by molar-refractivity contribution is 0.415. The lowest BCUT2D eigenvalue weighted by Gasteiger charge is -2.32. The van der Waals surface area contributed by atoms with Crippen LogP contribution < -0.4 is 4.90 Å². The molecule has 0 saturated carbocycles. The van der Waals surface area contributed by atoms with Gasteiger partial charge in [-0.15, -0.1) is 11.8 Å². The highest BCUT2D eigenvalue weighted by Crippen LogP contribution is 2.36. The number of hydrogen-bond acceptors (Lipinski definition) is 6. The highest BCUT2D eigenvalue weighted by Gasteiger charge is 2.22. The van der Waals surface area contributed by atoms with E-state index in [9.17, 15) is 4.39 Å². The number of hydrogen-bond donors (Lipinski definition) is 0. The van der Waals surface area contributed by atoms with Crippen LogP contribution in [0.25, 0.3) is 22.0 Å². The van der Waals surface area contributed by atoms with Crippen molar-refractivity contribution in [3.63, 3.8) is 0 Å². The zero-order chi connectivity index (χ0) is 21.8. The van der Waals surface area contributed by atoms with Crippen LogP contribution in [0.15, 0.2) is 46.5 Å². The Hall–Kier alpha value is -2.12. The molecule has 7 heteroatoms. The summed E-state index contributed by atoms with van der Waals surface area (Å²) in [4.78, 5) is 16.6. The van der Waals surface area contributed by atoms with Crippen molar-refractivity contribution in [1.82, 2.24) is 9.97 Å². The number of halogens is 1. The van der Waals surface area contributed by atoms with E-state index in [-0.39, 0.29) is 5.82 Å². The van der Waals surface area contributed by atoms with Crippen molar-refractivity contribution in [3.05, 3.63) is 48.0 Å². The third kappa shape index (κ3) is 4.72. The van der Waals surface area contributed by atoms with Gasteiger partial charge in [-0.2, -0.15) is 11.8 Å². The number of anilines is 1. The fraction of sp³-hybridized carbons (Fsp3) is 0.375. The first-order valence-electron chi connectivity index (χ1n) is 10.4. The molecule has 0 bridgehead atoms. The molecule has 1 fully saturated rings. The molecule has 2 aromatic carbocycles. The molecule has 1 saturated heterocycles. The van der Waals surface area contributed by atoms with Gasteiger partial charge in [-0.3, -0.25) is 0 Å². The summed E-state index contributed by atoms with van der Waals surface area (Å²) in [7, 11) is 0. The second-order valence-electron chi connectivity index (χ2n) is 7.84. The molecule has 0 unspecified atom stereocenters. The van der Waals surface area contributed by atoms with Crippen molar-refractivity contribution in [2.45, 2.75) is 23.5 Å². The fourth-order valence-corrected chi connectivity index (χ4v) is 5.59. The van der Waals surface area contributed by atoms with Crippen LogP contribution in [0.1, 0.15) is 18.4 Å². The van der Waals surface area contributed by atoms with E-state index in [0.717, 1.165) is 66.1 Å². The molecule has 1 aromatic heterocycles. The van der Waals surface area contributed by atoms with Gasteiger partial charge in [0.1, 0.15) is 18.0 Å². The molecular formula is C24H27FN4S2.